The highest BCUT2D eigenvalue weighted by Crippen LogP contribution is 2.55. The summed E-state index contributed by atoms with van der Waals surface area (Å²) in [5.74, 6) is 4.05. The fraction of sp³-hybridized carbons (Fsp3) is 1.00. The zero-order valence-electron chi connectivity index (χ0n) is 8.51. The lowest BCUT2D eigenvalue weighted by atomic mass is 9.87. The zero-order chi connectivity index (χ0) is 8.72. The van der Waals surface area contributed by atoms with Crippen LogP contribution in [-0.4, -0.2) is 13.1 Å². The van der Waals surface area contributed by atoms with Crippen molar-refractivity contribution in [3.05, 3.63) is 0 Å². The standard InChI is InChI=1S/C11H21N/c1-7(2)11(12-3)10-5-8-4-9(8)6-10/h7-12H,4-6H2,1-3H3. The van der Waals surface area contributed by atoms with Gasteiger partial charge in [0.15, 0.2) is 0 Å². The Bertz CT molecular complexity index is 154. The van der Waals surface area contributed by atoms with Crippen LogP contribution in [-0.2, 0) is 0 Å². The lowest BCUT2D eigenvalue weighted by molar-refractivity contribution is 0.284. The monoisotopic (exact) mass is 167 g/mol. The summed E-state index contributed by atoms with van der Waals surface area (Å²) in [5, 5.41) is 3.48. The second-order valence-corrected chi connectivity index (χ2v) is 5.05. The van der Waals surface area contributed by atoms with Crippen molar-refractivity contribution in [3.8, 4) is 0 Å². The Balaban J connectivity index is 1.89. The van der Waals surface area contributed by atoms with Gasteiger partial charge in [-0.25, -0.2) is 0 Å². The molecule has 2 aliphatic rings. The third-order valence-corrected chi connectivity index (χ3v) is 3.84. The Morgan fingerprint density at radius 3 is 2.08 bits per heavy atom. The van der Waals surface area contributed by atoms with Gasteiger partial charge in [-0.1, -0.05) is 13.8 Å². The third-order valence-electron chi connectivity index (χ3n) is 3.84. The number of hydrogen-bond acceptors (Lipinski definition) is 1. The molecule has 2 rings (SSSR count). The van der Waals surface area contributed by atoms with E-state index in [-0.39, 0.29) is 0 Å². The molecular formula is C11H21N. The molecule has 0 heterocycles. The summed E-state index contributed by atoms with van der Waals surface area (Å²) in [7, 11) is 2.12. The summed E-state index contributed by atoms with van der Waals surface area (Å²) in [4.78, 5) is 0. The SMILES string of the molecule is CNC(C(C)C)C1CC2CC2C1. The van der Waals surface area contributed by atoms with E-state index in [1.807, 2.05) is 0 Å². The maximum absolute atomic E-state index is 3.48. The molecule has 0 saturated heterocycles. The summed E-state index contributed by atoms with van der Waals surface area (Å²) in [6, 6.07) is 0.776. The zero-order valence-corrected chi connectivity index (χ0v) is 8.51. The number of nitrogens with one attached hydrogen (secondary N) is 1. The molecule has 2 fully saturated rings. The predicted octanol–water partition coefficient (Wildman–Crippen LogP) is 2.28. The van der Waals surface area contributed by atoms with Crippen LogP contribution in [0.25, 0.3) is 0 Å². The first-order valence-corrected chi connectivity index (χ1v) is 5.39. The van der Waals surface area contributed by atoms with E-state index in [2.05, 4.69) is 26.2 Å². The van der Waals surface area contributed by atoms with Gasteiger partial charge >= 0.3 is 0 Å². The molecule has 70 valence electrons. The molecular weight excluding hydrogens is 146 g/mol. The number of fused-ring (bicyclic) bond motifs is 1. The first kappa shape index (κ1) is 8.55. The van der Waals surface area contributed by atoms with Crippen molar-refractivity contribution in [2.45, 2.75) is 39.2 Å². The van der Waals surface area contributed by atoms with Crippen molar-refractivity contribution >= 4 is 0 Å². The van der Waals surface area contributed by atoms with Gasteiger partial charge in [0.25, 0.3) is 0 Å². The van der Waals surface area contributed by atoms with E-state index in [4.69, 9.17) is 0 Å². The first-order chi connectivity index (χ1) is 5.72. The van der Waals surface area contributed by atoms with Gasteiger partial charge in [-0.05, 0) is 50.0 Å². The molecule has 0 spiro atoms. The molecule has 2 saturated carbocycles. The van der Waals surface area contributed by atoms with Crippen LogP contribution < -0.4 is 5.32 Å². The first-order valence-electron chi connectivity index (χ1n) is 5.39. The Kier molecular flexibility index (Phi) is 2.16. The highest BCUT2D eigenvalue weighted by Gasteiger charge is 2.47. The topological polar surface area (TPSA) is 12.0 Å². The summed E-state index contributed by atoms with van der Waals surface area (Å²) in [6.07, 6.45) is 4.56. The van der Waals surface area contributed by atoms with Crippen LogP contribution in [0.5, 0.6) is 0 Å². The van der Waals surface area contributed by atoms with Crippen LogP contribution in [0.2, 0.25) is 0 Å². The van der Waals surface area contributed by atoms with E-state index in [9.17, 15) is 0 Å². The molecule has 0 amide bonds. The van der Waals surface area contributed by atoms with Crippen molar-refractivity contribution in [2.24, 2.45) is 23.7 Å². The van der Waals surface area contributed by atoms with E-state index < -0.39 is 0 Å². The molecule has 2 aliphatic carbocycles. The molecule has 0 aliphatic heterocycles. The average Bonchev–Trinajstić information content (AvgIpc) is 2.60. The highest BCUT2D eigenvalue weighted by atomic mass is 14.9. The van der Waals surface area contributed by atoms with Crippen LogP contribution in [0.3, 0.4) is 0 Å². The maximum atomic E-state index is 3.48. The van der Waals surface area contributed by atoms with Crippen molar-refractivity contribution in [3.63, 3.8) is 0 Å². The maximum Gasteiger partial charge on any atom is 0.0115 e. The third kappa shape index (κ3) is 1.39. The van der Waals surface area contributed by atoms with E-state index in [0.717, 1.165) is 29.7 Å². The molecule has 3 unspecified atom stereocenters. The summed E-state index contributed by atoms with van der Waals surface area (Å²) >= 11 is 0. The predicted molar refractivity (Wildman–Crippen MR) is 52.0 cm³/mol. The van der Waals surface area contributed by atoms with E-state index >= 15 is 0 Å². The second-order valence-electron chi connectivity index (χ2n) is 5.05. The minimum absolute atomic E-state index is 0.776. The lowest BCUT2D eigenvalue weighted by Crippen LogP contribution is -2.37. The summed E-state index contributed by atoms with van der Waals surface area (Å²) < 4.78 is 0. The Labute approximate surface area is 75.9 Å². The fourth-order valence-corrected chi connectivity index (χ4v) is 3.17. The van der Waals surface area contributed by atoms with Crippen LogP contribution in [0.15, 0.2) is 0 Å². The van der Waals surface area contributed by atoms with Gasteiger partial charge in [0, 0.05) is 6.04 Å². The molecule has 0 radical (unpaired) electrons. The van der Waals surface area contributed by atoms with Crippen LogP contribution in [0.4, 0.5) is 0 Å². The molecule has 0 aromatic rings. The summed E-state index contributed by atoms with van der Waals surface area (Å²) in [6.45, 7) is 4.68. The molecule has 3 atom stereocenters. The van der Waals surface area contributed by atoms with Gasteiger partial charge in [0.1, 0.15) is 0 Å². The minimum atomic E-state index is 0.776. The van der Waals surface area contributed by atoms with Crippen molar-refractivity contribution in [1.29, 1.82) is 0 Å². The lowest BCUT2D eigenvalue weighted by Gasteiger charge is -2.27. The molecule has 0 aromatic heterocycles. The molecule has 1 heteroatoms. The van der Waals surface area contributed by atoms with E-state index in [0.29, 0.717) is 0 Å². The molecule has 12 heavy (non-hydrogen) atoms. The number of rotatable bonds is 3. The van der Waals surface area contributed by atoms with Crippen LogP contribution in [0.1, 0.15) is 33.1 Å². The van der Waals surface area contributed by atoms with Gasteiger partial charge in [-0.2, -0.15) is 0 Å². The van der Waals surface area contributed by atoms with E-state index in [1.165, 1.54) is 12.8 Å². The van der Waals surface area contributed by atoms with Gasteiger partial charge in [0.05, 0.1) is 0 Å². The quantitative estimate of drug-likeness (QED) is 0.680. The molecule has 1 N–H and O–H groups in total. The van der Waals surface area contributed by atoms with Gasteiger partial charge in [-0.3, -0.25) is 0 Å². The van der Waals surface area contributed by atoms with Crippen molar-refractivity contribution in [2.75, 3.05) is 7.05 Å². The molecule has 0 bridgehead atoms. The largest absolute Gasteiger partial charge is 0.316 e. The average molecular weight is 167 g/mol. The van der Waals surface area contributed by atoms with Crippen molar-refractivity contribution in [1.82, 2.24) is 5.32 Å². The minimum Gasteiger partial charge on any atom is -0.316 e. The summed E-state index contributed by atoms with van der Waals surface area (Å²) in [5.41, 5.74) is 0. The van der Waals surface area contributed by atoms with Crippen LogP contribution in [0, 0.1) is 23.7 Å². The van der Waals surface area contributed by atoms with Crippen LogP contribution >= 0.6 is 0 Å². The van der Waals surface area contributed by atoms with Crippen molar-refractivity contribution < 1.29 is 0 Å². The normalized spacial score (nSPS) is 41.5. The van der Waals surface area contributed by atoms with E-state index in [1.54, 1.807) is 6.42 Å². The second kappa shape index (κ2) is 3.02. The van der Waals surface area contributed by atoms with Gasteiger partial charge in [0.2, 0.25) is 0 Å². The molecule has 1 nitrogen and oxygen atoms in total. The Morgan fingerprint density at radius 2 is 1.67 bits per heavy atom. The van der Waals surface area contributed by atoms with Gasteiger partial charge < -0.3 is 5.32 Å². The molecule has 0 aromatic carbocycles. The Hall–Kier alpha value is -0.0400. The van der Waals surface area contributed by atoms with Gasteiger partial charge in [-0.15, -0.1) is 0 Å². The fourth-order valence-electron chi connectivity index (χ4n) is 3.17. The highest BCUT2D eigenvalue weighted by molar-refractivity contribution is 4.99. The smallest absolute Gasteiger partial charge is 0.0115 e. The Morgan fingerprint density at radius 1 is 1.08 bits per heavy atom. The number of hydrogen-bond donors (Lipinski definition) is 1.